The summed E-state index contributed by atoms with van der Waals surface area (Å²) in [6.07, 6.45) is 1.78. The van der Waals surface area contributed by atoms with Gasteiger partial charge in [0.2, 0.25) is 0 Å². The van der Waals surface area contributed by atoms with Gasteiger partial charge in [0.1, 0.15) is 11.5 Å². The maximum atomic E-state index is 13.4. The van der Waals surface area contributed by atoms with Crippen LogP contribution in [0.5, 0.6) is 11.5 Å². The Balaban J connectivity index is 1.72. The van der Waals surface area contributed by atoms with Crippen LogP contribution in [0.25, 0.3) is 10.9 Å². The van der Waals surface area contributed by atoms with Gasteiger partial charge in [-0.3, -0.25) is 4.79 Å². The van der Waals surface area contributed by atoms with Gasteiger partial charge in [0.15, 0.2) is 5.78 Å². The Morgan fingerprint density at radius 2 is 1.74 bits per heavy atom. The standard InChI is InChI=1S/C27H27NO3/c1-3-24-27(26(30)15-12-19-10-7-11-22(16-19)31-2)23-17-21(29)13-14-25(23)28(24)18-20-8-5-4-6-9-20/h4-11,13-14,16-17,29H,3,12,15,18H2,1-2H3. The number of hydrogen-bond acceptors (Lipinski definition) is 3. The number of aromatic hydroxyl groups is 1. The van der Waals surface area contributed by atoms with Crippen LogP contribution in [0.3, 0.4) is 0 Å². The molecule has 0 aliphatic heterocycles. The van der Waals surface area contributed by atoms with E-state index in [1.54, 1.807) is 19.2 Å². The fourth-order valence-electron chi connectivity index (χ4n) is 4.23. The number of ketones is 1. The molecular formula is C27H27NO3. The first-order chi connectivity index (χ1) is 15.1. The summed E-state index contributed by atoms with van der Waals surface area (Å²) >= 11 is 0. The molecule has 0 saturated carbocycles. The second-order valence-corrected chi connectivity index (χ2v) is 7.72. The molecule has 31 heavy (non-hydrogen) atoms. The van der Waals surface area contributed by atoms with E-state index in [0.717, 1.165) is 39.9 Å². The minimum absolute atomic E-state index is 0.0991. The van der Waals surface area contributed by atoms with E-state index < -0.39 is 0 Å². The van der Waals surface area contributed by atoms with Crippen LogP contribution in [-0.4, -0.2) is 22.6 Å². The van der Waals surface area contributed by atoms with Crippen molar-refractivity contribution in [3.63, 3.8) is 0 Å². The number of aromatic nitrogens is 1. The third-order valence-corrected chi connectivity index (χ3v) is 5.73. The fourth-order valence-corrected chi connectivity index (χ4v) is 4.23. The number of rotatable bonds is 8. The number of hydrogen-bond donors (Lipinski definition) is 1. The van der Waals surface area contributed by atoms with Gasteiger partial charge in [-0.25, -0.2) is 0 Å². The van der Waals surface area contributed by atoms with Gasteiger partial charge in [0, 0.05) is 35.1 Å². The highest BCUT2D eigenvalue weighted by molar-refractivity contribution is 6.10. The summed E-state index contributed by atoms with van der Waals surface area (Å²) in [4.78, 5) is 13.4. The molecule has 1 heterocycles. The number of nitrogens with zero attached hydrogens (tertiary/aromatic N) is 1. The third-order valence-electron chi connectivity index (χ3n) is 5.73. The number of Topliss-reactive ketones (excluding diaryl/α,β-unsaturated/α-hetero) is 1. The number of carbonyl (C=O) groups excluding carboxylic acids is 1. The average Bonchev–Trinajstić information content (AvgIpc) is 3.10. The first-order valence-electron chi connectivity index (χ1n) is 10.6. The highest BCUT2D eigenvalue weighted by Crippen LogP contribution is 2.32. The van der Waals surface area contributed by atoms with Crippen LogP contribution in [0.1, 0.15) is 40.5 Å². The highest BCUT2D eigenvalue weighted by Gasteiger charge is 2.22. The minimum Gasteiger partial charge on any atom is -0.508 e. The van der Waals surface area contributed by atoms with Crippen molar-refractivity contribution in [2.24, 2.45) is 0 Å². The zero-order chi connectivity index (χ0) is 21.8. The Morgan fingerprint density at radius 3 is 2.48 bits per heavy atom. The van der Waals surface area contributed by atoms with Crippen LogP contribution in [0.15, 0.2) is 72.8 Å². The van der Waals surface area contributed by atoms with Gasteiger partial charge in [-0.2, -0.15) is 0 Å². The lowest BCUT2D eigenvalue weighted by atomic mass is 9.99. The number of aryl methyl sites for hydroxylation is 1. The molecule has 0 aliphatic carbocycles. The lowest BCUT2D eigenvalue weighted by molar-refractivity contribution is 0.0983. The first-order valence-corrected chi connectivity index (χ1v) is 10.6. The molecule has 0 unspecified atom stereocenters. The number of carbonyl (C=O) groups is 1. The van der Waals surface area contributed by atoms with Crippen LogP contribution >= 0.6 is 0 Å². The van der Waals surface area contributed by atoms with Gasteiger partial charge < -0.3 is 14.4 Å². The van der Waals surface area contributed by atoms with Gasteiger partial charge >= 0.3 is 0 Å². The zero-order valence-corrected chi connectivity index (χ0v) is 18.0. The molecular weight excluding hydrogens is 386 g/mol. The summed E-state index contributed by atoms with van der Waals surface area (Å²) in [5.74, 6) is 1.07. The van der Waals surface area contributed by atoms with Crippen molar-refractivity contribution in [3.05, 3.63) is 95.2 Å². The molecule has 1 N–H and O–H groups in total. The van der Waals surface area contributed by atoms with Gasteiger partial charge in [0.05, 0.1) is 7.11 Å². The Bertz CT molecular complexity index is 1210. The minimum atomic E-state index is 0.0991. The predicted octanol–water partition coefficient (Wildman–Crippen LogP) is 5.78. The smallest absolute Gasteiger partial charge is 0.165 e. The summed E-state index contributed by atoms with van der Waals surface area (Å²) in [7, 11) is 1.64. The largest absolute Gasteiger partial charge is 0.508 e. The summed E-state index contributed by atoms with van der Waals surface area (Å²) in [5, 5.41) is 11.0. The molecule has 0 saturated heterocycles. The molecule has 4 rings (SSSR count). The normalized spacial score (nSPS) is 11.0. The fraction of sp³-hybridized carbons (Fsp3) is 0.222. The molecule has 0 bridgehead atoms. The lowest BCUT2D eigenvalue weighted by Crippen LogP contribution is -2.08. The van der Waals surface area contributed by atoms with Crippen molar-refractivity contribution in [1.82, 2.24) is 4.57 Å². The Kier molecular flexibility index (Phi) is 6.08. The van der Waals surface area contributed by atoms with E-state index >= 15 is 0 Å². The van der Waals surface area contributed by atoms with Crippen LogP contribution in [0.4, 0.5) is 0 Å². The molecule has 4 aromatic rings. The molecule has 1 aromatic heterocycles. The van der Waals surface area contributed by atoms with Gasteiger partial charge in [-0.05, 0) is 54.3 Å². The van der Waals surface area contributed by atoms with E-state index in [-0.39, 0.29) is 11.5 Å². The van der Waals surface area contributed by atoms with E-state index in [0.29, 0.717) is 19.4 Å². The number of phenolic OH excluding ortho intramolecular Hbond substituents is 1. The second-order valence-electron chi connectivity index (χ2n) is 7.72. The molecule has 4 nitrogen and oxygen atoms in total. The summed E-state index contributed by atoms with van der Waals surface area (Å²) < 4.78 is 7.51. The Labute approximate surface area is 182 Å². The van der Waals surface area contributed by atoms with Crippen molar-refractivity contribution in [2.75, 3.05) is 7.11 Å². The zero-order valence-electron chi connectivity index (χ0n) is 18.0. The summed E-state index contributed by atoms with van der Waals surface area (Å²) in [5.41, 5.74) is 4.97. The number of phenols is 1. The third kappa shape index (κ3) is 4.33. The van der Waals surface area contributed by atoms with Crippen molar-refractivity contribution in [3.8, 4) is 11.5 Å². The van der Waals surface area contributed by atoms with Gasteiger partial charge in [-0.15, -0.1) is 0 Å². The molecule has 0 spiro atoms. The van der Waals surface area contributed by atoms with Crippen LogP contribution < -0.4 is 4.74 Å². The highest BCUT2D eigenvalue weighted by atomic mass is 16.5. The molecule has 158 valence electrons. The molecule has 0 fully saturated rings. The molecule has 3 aromatic carbocycles. The van der Waals surface area contributed by atoms with E-state index in [1.165, 1.54) is 5.56 Å². The van der Waals surface area contributed by atoms with Crippen LogP contribution in [0, 0.1) is 0 Å². The molecule has 0 radical (unpaired) electrons. The Morgan fingerprint density at radius 1 is 0.968 bits per heavy atom. The molecule has 0 aliphatic rings. The second kappa shape index (κ2) is 9.09. The quantitative estimate of drug-likeness (QED) is 0.373. The first kappa shape index (κ1) is 20.7. The molecule has 0 atom stereocenters. The summed E-state index contributed by atoms with van der Waals surface area (Å²) in [6.45, 7) is 2.77. The van der Waals surface area contributed by atoms with Gasteiger partial charge in [-0.1, -0.05) is 49.4 Å². The summed E-state index contributed by atoms with van der Waals surface area (Å²) in [6, 6.07) is 23.4. The Hall–Kier alpha value is -3.53. The van der Waals surface area contributed by atoms with Crippen molar-refractivity contribution < 1.29 is 14.6 Å². The maximum absolute atomic E-state index is 13.4. The van der Waals surface area contributed by atoms with Crippen LogP contribution in [0.2, 0.25) is 0 Å². The van der Waals surface area contributed by atoms with Crippen molar-refractivity contribution in [1.29, 1.82) is 0 Å². The van der Waals surface area contributed by atoms with Crippen LogP contribution in [-0.2, 0) is 19.4 Å². The van der Waals surface area contributed by atoms with Crippen molar-refractivity contribution in [2.45, 2.75) is 32.7 Å². The number of methoxy groups -OCH3 is 1. The van der Waals surface area contributed by atoms with E-state index in [2.05, 4.69) is 23.6 Å². The predicted molar refractivity (Wildman–Crippen MR) is 124 cm³/mol. The van der Waals surface area contributed by atoms with E-state index in [4.69, 9.17) is 4.74 Å². The topological polar surface area (TPSA) is 51.5 Å². The molecule has 4 heteroatoms. The average molecular weight is 414 g/mol. The van der Waals surface area contributed by atoms with Crippen molar-refractivity contribution >= 4 is 16.7 Å². The van der Waals surface area contributed by atoms with E-state index in [9.17, 15) is 9.90 Å². The maximum Gasteiger partial charge on any atom is 0.165 e. The van der Waals surface area contributed by atoms with E-state index in [1.807, 2.05) is 48.5 Å². The number of fused-ring (bicyclic) bond motifs is 1. The van der Waals surface area contributed by atoms with Gasteiger partial charge in [0.25, 0.3) is 0 Å². The number of ether oxygens (including phenoxy) is 1. The monoisotopic (exact) mass is 413 g/mol. The number of benzene rings is 3. The SMILES string of the molecule is CCc1c(C(=O)CCc2cccc(OC)c2)c2cc(O)ccc2n1Cc1ccccc1. The molecule has 0 amide bonds. The lowest BCUT2D eigenvalue weighted by Gasteiger charge is -2.11.